The number of ketones is 1. The van der Waals surface area contributed by atoms with E-state index in [1.54, 1.807) is 19.3 Å². The highest BCUT2D eigenvalue weighted by atomic mass is 16.5. The summed E-state index contributed by atoms with van der Waals surface area (Å²) in [4.78, 5) is 25.6. The van der Waals surface area contributed by atoms with Gasteiger partial charge in [-0.3, -0.25) is 4.79 Å². The summed E-state index contributed by atoms with van der Waals surface area (Å²) in [6, 6.07) is 5.81. The van der Waals surface area contributed by atoms with Crippen molar-refractivity contribution in [1.29, 1.82) is 0 Å². The molecule has 0 radical (unpaired) electrons. The Labute approximate surface area is 128 Å². The monoisotopic (exact) mass is 293 g/mol. The summed E-state index contributed by atoms with van der Waals surface area (Å²) in [6.07, 6.45) is 6.54. The standard InChI is InChI=1S/C17H15N3O2/c1-11-20-17(9-22-11)6-5-14-13(12-7-18-10-19-8-12)3-2-4-15(14)16(17)21/h2-4,7-8,10H,5-6,9H2,1H3. The average molecular weight is 293 g/mol. The second-order valence-electron chi connectivity index (χ2n) is 5.74. The van der Waals surface area contributed by atoms with Crippen LogP contribution < -0.4 is 0 Å². The molecule has 5 heteroatoms. The van der Waals surface area contributed by atoms with Gasteiger partial charge in [-0.25, -0.2) is 15.0 Å². The Morgan fingerprint density at radius 2 is 1.95 bits per heavy atom. The molecule has 0 N–H and O–H groups in total. The van der Waals surface area contributed by atoms with Gasteiger partial charge in [-0.15, -0.1) is 0 Å². The van der Waals surface area contributed by atoms with Gasteiger partial charge < -0.3 is 4.74 Å². The lowest BCUT2D eigenvalue weighted by atomic mass is 9.76. The number of nitrogens with zero attached hydrogens (tertiary/aromatic N) is 3. The molecule has 0 fully saturated rings. The first kappa shape index (κ1) is 13.1. The van der Waals surface area contributed by atoms with Gasteiger partial charge in [-0.05, 0) is 24.0 Å². The summed E-state index contributed by atoms with van der Waals surface area (Å²) in [7, 11) is 0. The number of fused-ring (bicyclic) bond motifs is 1. The minimum Gasteiger partial charge on any atom is -0.478 e. The molecule has 1 atom stereocenters. The van der Waals surface area contributed by atoms with Crippen LogP contribution in [0.4, 0.5) is 0 Å². The number of Topliss-reactive ketones (excluding diaryl/α,β-unsaturated/α-hetero) is 1. The molecule has 22 heavy (non-hydrogen) atoms. The molecule has 0 saturated carbocycles. The highest BCUT2D eigenvalue weighted by Crippen LogP contribution is 2.38. The molecule has 0 saturated heterocycles. The quantitative estimate of drug-likeness (QED) is 0.810. The molecule has 1 unspecified atom stereocenters. The van der Waals surface area contributed by atoms with Crippen molar-refractivity contribution in [3.63, 3.8) is 0 Å². The lowest BCUT2D eigenvalue weighted by molar-refractivity contribution is 0.0835. The number of hydrogen-bond donors (Lipinski definition) is 0. The zero-order valence-electron chi connectivity index (χ0n) is 12.2. The number of carbonyl (C=O) groups is 1. The van der Waals surface area contributed by atoms with E-state index in [2.05, 4.69) is 15.0 Å². The van der Waals surface area contributed by atoms with E-state index < -0.39 is 5.54 Å². The molecule has 0 amide bonds. The Balaban J connectivity index is 1.83. The minimum atomic E-state index is -0.719. The van der Waals surface area contributed by atoms with Crippen molar-refractivity contribution in [3.8, 4) is 11.1 Å². The van der Waals surface area contributed by atoms with E-state index in [-0.39, 0.29) is 5.78 Å². The molecule has 1 spiro atoms. The first-order valence-corrected chi connectivity index (χ1v) is 7.31. The van der Waals surface area contributed by atoms with Crippen LogP contribution in [0.25, 0.3) is 11.1 Å². The second kappa shape index (κ2) is 4.73. The van der Waals surface area contributed by atoms with Crippen LogP contribution in [-0.2, 0) is 11.2 Å². The molecule has 1 aromatic heterocycles. The molecular formula is C17H15N3O2. The van der Waals surface area contributed by atoms with Crippen LogP contribution in [0.15, 0.2) is 41.9 Å². The van der Waals surface area contributed by atoms with Crippen LogP contribution in [0.2, 0.25) is 0 Å². The third-order valence-corrected chi connectivity index (χ3v) is 4.39. The zero-order valence-corrected chi connectivity index (χ0v) is 12.2. The maximum Gasteiger partial charge on any atom is 0.194 e. The van der Waals surface area contributed by atoms with Crippen molar-refractivity contribution in [3.05, 3.63) is 48.0 Å². The molecule has 2 heterocycles. The van der Waals surface area contributed by atoms with Crippen molar-refractivity contribution >= 4 is 11.7 Å². The molecule has 1 aromatic carbocycles. The van der Waals surface area contributed by atoms with Crippen LogP contribution in [0.5, 0.6) is 0 Å². The third-order valence-electron chi connectivity index (χ3n) is 4.39. The van der Waals surface area contributed by atoms with E-state index >= 15 is 0 Å². The predicted molar refractivity (Wildman–Crippen MR) is 81.9 cm³/mol. The average Bonchev–Trinajstić information content (AvgIpc) is 2.94. The summed E-state index contributed by atoms with van der Waals surface area (Å²) in [5.41, 5.74) is 3.05. The summed E-state index contributed by atoms with van der Waals surface area (Å²) in [6.45, 7) is 2.16. The van der Waals surface area contributed by atoms with E-state index in [1.807, 2.05) is 18.2 Å². The summed E-state index contributed by atoms with van der Waals surface area (Å²) < 4.78 is 5.46. The van der Waals surface area contributed by atoms with Crippen molar-refractivity contribution in [2.45, 2.75) is 25.3 Å². The van der Waals surface area contributed by atoms with E-state index in [4.69, 9.17) is 4.74 Å². The first-order chi connectivity index (χ1) is 10.7. The fourth-order valence-corrected chi connectivity index (χ4v) is 3.31. The molecule has 0 bridgehead atoms. The van der Waals surface area contributed by atoms with Gasteiger partial charge in [-0.2, -0.15) is 0 Å². The molecule has 2 aliphatic rings. The van der Waals surface area contributed by atoms with E-state index in [9.17, 15) is 4.79 Å². The van der Waals surface area contributed by atoms with Crippen molar-refractivity contribution in [2.24, 2.45) is 4.99 Å². The highest BCUT2D eigenvalue weighted by molar-refractivity contribution is 6.08. The Kier molecular flexibility index (Phi) is 2.82. The number of ether oxygens (including phenoxy) is 1. The number of carbonyl (C=O) groups excluding carboxylic acids is 1. The SMILES string of the molecule is CC1=NC2(CCc3c(cccc3-c3cncnc3)C2=O)CO1. The molecule has 1 aliphatic carbocycles. The largest absolute Gasteiger partial charge is 0.478 e. The van der Waals surface area contributed by atoms with Gasteiger partial charge in [0.05, 0.1) is 0 Å². The Morgan fingerprint density at radius 1 is 1.18 bits per heavy atom. The van der Waals surface area contributed by atoms with Crippen LogP contribution in [0.1, 0.15) is 29.3 Å². The van der Waals surface area contributed by atoms with Crippen LogP contribution in [-0.4, -0.2) is 33.8 Å². The number of hydrogen-bond acceptors (Lipinski definition) is 5. The van der Waals surface area contributed by atoms with Crippen LogP contribution in [0.3, 0.4) is 0 Å². The van der Waals surface area contributed by atoms with Crippen LogP contribution in [0, 0.1) is 0 Å². The zero-order chi connectivity index (χ0) is 15.2. The maximum absolute atomic E-state index is 13.0. The first-order valence-electron chi connectivity index (χ1n) is 7.31. The normalized spacial score (nSPS) is 23.1. The molecule has 5 nitrogen and oxygen atoms in total. The van der Waals surface area contributed by atoms with Gasteiger partial charge in [-0.1, -0.05) is 18.2 Å². The number of aliphatic imine (C=N–C) groups is 1. The third kappa shape index (κ3) is 1.85. The fraction of sp³-hybridized carbons (Fsp3) is 0.294. The Bertz CT molecular complexity index is 786. The van der Waals surface area contributed by atoms with E-state index in [0.29, 0.717) is 18.9 Å². The highest BCUT2D eigenvalue weighted by Gasteiger charge is 2.46. The van der Waals surface area contributed by atoms with Crippen LogP contribution >= 0.6 is 0 Å². The Morgan fingerprint density at radius 3 is 2.68 bits per heavy atom. The lowest BCUT2D eigenvalue weighted by Gasteiger charge is -2.30. The summed E-state index contributed by atoms with van der Waals surface area (Å²) in [5, 5.41) is 0. The smallest absolute Gasteiger partial charge is 0.194 e. The van der Waals surface area contributed by atoms with Crippen molar-refractivity contribution in [2.75, 3.05) is 6.61 Å². The number of aromatic nitrogens is 2. The number of benzene rings is 1. The van der Waals surface area contributed by atoms with Crippen molar-refractivity contribution in [1.82, 2.24) is 9.97 Å². The minimum absolute atomic E-state index is 0.0595. The van der Waals surface area contributed by atoms with Crippen molar-refractivity contribution < 1.29 is 9.53 Å². The molecule has 4 rings (SSSR count). The van der Waals surface area contributed by atoms with E-state index in [0.717, 1.165) is 28.7 Å². The number of rotatable bonds is 1. The topological polar surface area (TPSA) is 64.4 Å². The van der Waals surface area contributed by atoms with E-state index in [1.165, 1.54) is 6.33 Å². The summed E-state index contributed by atoms with van der Waals surface area (Å²) in [5.74, 6) is 0.661. The second-order valence-corrected chi connectivity index (χ2v) is 5.74. The van der Waals surface area contributed by atoms with Gasteiger partial charge in [0, 0.05) is 30.4 Å². The summed E-state index contributed by atoms with van der Waals surface area (Å²) >= 11 is 0. The molecular weight excluding hydrogens is 278 g/mol. The van der Waals surface area contributed by atoms with Gasteiger partial charge in [0.15, 0.2) is 17.2 Å². The lowest BCUT2D eigenvalue weighted by Crippen LogP contribution is -2.42. The van der Waals surface area contributed by atoms with Gasteiger partial charge in [0.25, 0.3) is 0 Å². The maximum atomic E-state index is 13.0. The molecule has 2 aromatic rings. The fourth-order valence-electron chi connectivity index (χ4n) is 3.31. The molecule has 1 aliphatic heterocycles. The van der Waals surface area contributed by atoms with Gasteiger partial charge in [0.2, 0.25) is 0 Å². The van der Waals surface area contributed by atoms with Gasteiger partial charge in [0.1, 0.15) is 12.9 Å². The predicted octanol–water partition coefficient (Wildman–Crippen LogP) is 2.46. The van der Waals surface area contributed by atoms with Gasteiger partial charge >= 0.3 is 0 Å². The molecule has 110 valence electrons. The Hall–Kier alpha value is -2.56.